The highest BCUT2D eigenvalue weighted by molar-refractivity contribution is 7.98. The zero-order valence-corrected chi connectivity index (χ0v) is 16.4. The van der Waals surface area contributed by atoms with Crippen LogP contribution in [-0.4, -0.2) is 35.5 Å². The normalized spacial score (nSPS) is 13.8. The third-order valence-electron chi connectivity index (χ3n) is 4.18. The van der Waals surface area contributed by atoms with E-state index in [1.807, 2.05) is 37.3 Å². The van der Waals surface area contributed by atoms with Crippen LogP contribution in [0, 0.1) is 0 Å². The molecule has 0 bridgehead atoms. The average Bonchev–Trinajstić information content (AvgIpc) is 3.19. The molecule has 2 aromatic rings. The van der Waals surface area contributed by atoms with E-state index in [0.29, 0.717) is 28.2 Å². The van der Waals surface area contributed by atoms with Crippen molar-refractivity contribution in [2.45, 2.75) is 37.1 Å². The molecular weight excluding hydrogens is 368 g/mol. The maximum Gasteiger partial charge on any atom is 0.251 e. The fourth-order valence-corrected chi connectivity index (χ4v) is 3.87. The van der Waals surface area contributed by atoms with Gasteiger partial charge in [0.05, 0.1) is 0 Å². The molecule has 1 N–H and O–H groups in total. The molecule has 3 rings (SSSR count). The van der Waals surface area contributed by atoms with Gasteiger partial charge >= 0.3 is 0 Å². The topological polar surface area (TPSA) is 58.1 Å². The standard InChI is InChI=1S/C19H23ClN4OS/c1-2-8-21-18(25)15-7-5-6-14(11-15)13-26-19-22-16(20)12-17(23-19)24-9-3-4-10-24/h5-7,11-12H,2-4,8-10,13H2,1H3,(H,21,25). The second-order valence-corrected chi connectivity index (χ2v) is 7.60. The molecule has 0 spiro atoms. The van der Waals surface area contributed by atoms with E-state index in [2.05, 4.69) is 20.2 Å². The number of nitrogens with one attached hydrogen (secondary N) is 1. The highest BCUT2D eigenvalue weighted by Gasteiger charge is 2.16. The highest BCUT2D eigenvalue weighted by atomic mass is 35.5. The molecule has 0 saturated carbocycles. The minimum Gasteiger partial charge on any atom is -0.356 e. The van der Waals surface area contributed by atoms with Gasteiger partial charge in [-0.3, -0.25) is 4.79 Å². The lowest BCUT2D eigenvalue weighted by Crippen LogP contribution is -2.23. The van der Waals surface area contributed by atoms with Gasteiger partial charge in [-0.05, 0) is 37.0 Å². The first-order valence-corrected chi connectivity index (χ1v) is 10.3. The van der Waals surface area contributed by atoms with E-state index in [4.69, 9.17) is 11.6 Å². The van der Waals surface area contributed by atoms with Gasteiger partial charge in [0.25, 0.3) is 5.91 Å². The maximum absolute atomic E-state index is 12.1. The molecule has 1 aliphatic heterocycles. The number of thioether (sulfide) groups is 1. The number of benzene rings is 1. The summed E-state index contributed by atoms with van der Waals surface area (Å²) in [5, 5.41) is 4.04. The Morgan fingerprint density at radius 1 is 1.27 bits per heavy atom. The van der Waals surface area contributed by atoms with Crippen LogP contribution in [0.25, 0.3) is 0 Å². The zero-order valence-electron chi connectivity index (χ0n) is 14.9. The van der Waals surface area contributed by atoms with E-state index in [1.54, 1.807) is 0 Å². The quantitative estimate of drug-likeness (QED) is 0.437. The molecule has 0 radical (unpaired) electrons. The summed E-state index contributed by atoms with van der Waals surface area (Å²) in [6.07, 6.45) is 3.31. The van der Waals surface area contributed by atoms with Crippen LogP contribution in [0.4, 0.5) is 5.82 Å². The van der Waals surface area contributed by atoms with Gasteiger partial charge in [0, 0.05) is 37.0 Å². The van der Waals surface area contributed by atoms with Crippen molar-refractivity contribution in [3.05, 3.63) is 46.6 Å². The molecule has 1 aromatic carbocycles. The van der Waals surface area contributed by atoms with Gasteiger partial charge in [-0.2, -0.15) is 0 Å². The van der Waals surface area contributed by atoms with Crippen LogP contribution in [0.1, 0.15) is 42.1 Å². The number of hydrogen-bond acceptors (Lipinski definition) is 5. The van der Waals surface area contributed by atoms with Crippen LogP contribution < -0.4 is 10.2 Å². The predicted molar refractivity (Wildman–Crippen MR) is 107 cm³/mol. The number of nitrogens with zero attached hydrogens (tertiary/aromatic N) is 3. The summed E-state index contributed by atoms with van der Waals surface area (Å²) in [5.74, 6) is 1.56. The molecule has 1 fully saturated rings. The van der Waals surface area contributed by atoms with Crippen LogP contribution in [0.2, 0.25) is 5.15 Å². The number of amides is 1. The van der Waals surface area contributed by atoms with Crippen LogP contribution in [0.3, 0.4) is 0 Å². The van der Waals surface area contributed by atoms with Gasteiger partial charge in [0.1, 0.15) is 11.0 Å². The summed E-state index contributed by atoms with van der Waals surface area (Å²) >= 11 is 7.72. The molecular formula is C19H23ClN4OS. The minimum atomic E-state index is -0.0333. The minimum absolute atomic E-state index is 0.0333. The number of rotatable bonds is 7. The summed E-state index contributed by atoms with van der Waals surface area (Å²) in [5.41, 5.74) is 1.74. The molecule has 1 saturated heterocycles. The summed E-state index contributed by atoms with van der Waals surface area (Å²) in [7, 11) is 0. The van der Waals surface area contributed by atoms with Crippen molar-refractivity contribution < 1.29 is 4.79 Å². The Morgan fingerprint density at radius 2 is 2.08 bits per heavy atom. The molecule has 1 aliphatic rings. The molecule has 138 valence electrons. The molecule has 26 heavy (non-hydrogen) atoms. The van der Waals surface area contributed by atoms with Gasteiger partial charge in [0.2, 0.25) is 0 Å². The lowest BCUT2D eigenvalue weighted by Gasteiger charge is -2.16. The second kappa shape index (κ2) is 9.24. The SMILES string of the molecule is CCCNC(=O)c1cccc(CSc2nc(Cl)cc(N3CCCC3)n2)c1. The Kier molecular flexibility index (Phi) is 6.74. The van der Waals surface area contributed by atoms with Crippen molar-refractivity contribution in [3.63, 3.8) is 0 Å². The third-order valence-corrected chi connectivity index (χ3v) is 5.30. The number of hydrogen-bond donors (Lipinski definition) is 1. The Hall–Kier alpha value is -1.79. The van der Waals surface area contributed by atoms with Gasteiger partial charge in [-0.25, -0.2) is 9.97 Å². The molecule has 1 aromatic heterocycles. The van der Waals surface area contributed by atoms with E-state index in [1.165, 1.54) is 24.6 Å². The second-order valence-electron chi connectivity index (χ2n) is 6.27. The number of halogens is 1. The zero-order chi connectivity index (χ0) is 18.4. The van der Waals surface area contributed by atoms with Crippen molar-refractivity contribution >= 4 is 35.1 Å². The van der Waals surface area contributed by atoms with Gasteiger partial charge in [-0.15, -0.1) is 0 Å². The number of anilines is 1. The van der Waals surface area contributed by atoms with Crippen LogP contribution in [0.5, 0.6) is 0 Å². The molecule has 2 heterocycles. The van der Waals surface area contributed by atoms with Crippen molar-refractivity contribution in [2.75, 3.05) is 24.5 Å². The largest absolute Gasteiger partial charge is 0.356 e. The monoisotopic (exact) mass is 390 g/mol. The van der Waals surface area contributed by atoms with Crippen molar-refractivity contribution in [1.82, 2.24) is 15.3 Å². The molecule has 0 atom stereocenters. The molecule has 0 unspecified atom stereocenters. The lowest BCUT2D eigenvalue weighted by molar-refractivity contribution is 0.0953. The smallest absolute Gasteiger partial charge is 0.251 e. The van der Waals surface area contributed by atoms with Crippen LogP contribution in [0.15, 0.2) is 35.5 Å². The van der Waals surface area contributed by atoms with Crippen molar-refractivity contribution in [1.29, 1.82) is 0 Å². The van der Waals surface area contributed by atoms with E-state index in [9.17, 15) is 4.79 Å². The summed E-state index contributed by atoms with van der Waals surface area (Å²) < 4.78 is 0. The van der Waals surface area contributed by atoms with Crippen LogP contribution in [-0.2, 0) is 5.75 Å². The predicted octanol–water partition coefficient (Wildman–Crippen LogP) is 4.16. The first kappa shape index (κ1) is 19.0. The highest BCUT2D eigenvalue weighted by Crippen LogP contribution is 2.26. The van der Waals surface area contributed by atoms with Gasteiger partial charge in [-0.1, -0.05) is 42.4 Å². The van der Waals surface area contributed by atoms with Crippen molar-refractivity contribution in [2.24, 2.45) is 0 Å². The fourth-order valence-electron chi connectivity index (χ4n) is 2.85. The Labute approximate surface area is 163 Å². The number of carbonyl (C=O) groups excluding carboxylic acids is 1. The van der Waals surface area contributed by atoms with Gasteiger partial charge in [0.15, 0.2) is 5.16 Å². The Morgan fingerprint density at radius 3 is 2.85 bits per heavy atom. The maximum atomic E-state index is 12.1. The average molecular weight is 391 g/mol. The van der Waals surface area contributed by atoms with Crippen LogP contribution >= 0.6 is 23.4 Å². The first-order chi connectivity index (χ1) is 12.7. The first-order valence-electron chi connectivity index (χ1n) is 8.95. The summed E-state index contributed by atoms with van der Waals surface area (Å²) in [6, 6.07) is 9.50. The molecule has 7 heteroatoms. The molecule has 0 aliphatic carbocycles. The number of carbonyl (C=O) groups is 1. The van der Waals surface area contributed by atoms with E-state index < -0.39 is 0 Å². The fraction of sp³-hybridized carbons (Fsp3) is 0.421. The molecule has 5 nitrogen and oxygen atoms in total. The van der Waals surface area contributed by atoms with Gasteiger partial charge < -0.3 is 10.2 Å². The van der Waals surface area contributed by atoms with E-state index in [0.717, 1.165) is 30.9 Å². The Bertz CT molecular complexity index is 765. The summed E-state index contributed by atoms with van der Waals surface area (Å²) in [4.78, 5) is 23.3. The van der Waals surface area contributed by atoms with E-state index in [-0.39, 0.29) is 5.91 Å². The third kappa shape index (κ3) is 5.11. The van der Waals surface area contributed by atoms with E-state index >= 15 is 0 Å². The number of aromatic nitrogens is 2. The lowest BCUT2D eigenvalue weighted by atomic mass is 10.1. The summed E-state index contributed by atoms with van der Waals surface area (Å²) in [6.45, 7) is 4.76. The van der Waals surface area contributed by atoms with Crippen molar-refractivity contribution in [3.8, 4) is 0 Å². The molecule has 1 amide bonds. The Balaban J connectivity index is 1.66.